The number of amides is 2. The van der Waals surface area contributed by atoms with E-state index in [0.29, 0.717) is 25.2 Å². The minimum atomic E-state index is -0.676. The number of carbonyl (C=O) groups excluding carboxylic acids is 2. The molecule has 1 N–H and O–H groups in total. The second kappa shape index (κ2) is 11.4. The number of likely N-dealkylation sites (tertiary alicyclic amines) is 1. The van der Waals surface area contributed by atoms with E-state index in [9.17, 15) is 9.59 Å². The van der Waals surface area contributed by atoms with Gasteiger partial charge in [0, 0.05) is 25.3 Å². The van der Waals surface area contributed by atoms with Gasteiger partial charge >= 0.3 is 6.09 Å². The molecule has 0 aliphatic carbocycles. The van der Waals surface area contributed by atoms with Crippen molar-refractivity contribution in [1.82, 2.24) is 19.8 Å². The molecule has 2 amide bonds. The number of rotatable bonds is 7. The van der Waals surface area contributed by atoms with Crippen molar-refractivity contribution in [2.45, 2.75) is 50.8 Å². The van der Waals surface area contributed by atoms with Gasteiger partial charge < -0.3 is 19.5 Å². The monoisotopic (exact) mass is 536 g/mol. The van der Waals surface area contributed by atoms with E-state index in [4.69, 9.17) is 4.74 Å². The Bertz CT molecular complexity index is 1330. The first-order valence-corrected chi connectivity index (χ1v) is 13.7. The Morgan fingerprint density at radius 1 is 0.875 bits per heavy atom. The number of aromatic nitrogens is 2. The van der Waals surface area contributed by atoms with Gasteiger partial charge in [0.25, 0.3) is 0 Å². The molecule has 2 heterocycles. The summed E-state index contributed by atoms with van der Waals surface area (Å²) in [4.78, 5) is 31.8. The Morgan fingerprint density at radius 2 is 1.40 bits per heavy atom. The highest BCUT2D eigenvalue weighted by Crippen LogP contribution is 2.40. The molecule has 1 aromatic heterocycles. The van der Waals surface area contributed by atoms with Crippen LogP contribution in [0.15, 0.2) is 104 Å². The highest BCUT2D eigenvalue weighted by atomic mass is 16.6. The molecule has 1 atom stereocenters. The molecule has 1 aliphatic rings. The van der Waals surface area contributed by atoms with Crippen molar-refractivity contribution in [2.75, 3.05) is 13.1 Å². The van der Waals surface area contributed by atoms with E-state index >= 15 is 0 Å². The Balaban J connectivity index is 1.39. The quantitative estimate of drug-likeness (QED) is 0.321. The zero-order valence-electron chi connectivity index (χ0n) is 23.3. The molecule has 1 saturated heterocycles. The van der Waals surface area contributed by atoms with Crippen molar-refractivity contribution in [1.29, 1.82) is 0 Å². The van der Waals surface area contributed by atoms with E-state index < -0.39 is 11.1 Å². The van der Waals surface area contributed by atoms with Gasteiger partial charge in [-0.25, -0.2) is 9.78 Å². The first-order valence-electron chi connectivity index (χ1n) is 13.7. The average Bonchev–Trinajstić information content (AvgIpc) is 3.60. The number of imidazole rings is 1. The second-order valence-electron chi connectivity index (χ2n) is 11.2. The van der Waals surface area contributed by atoms with Gasteiger partial charge in [-0.05, 0) is 43.9 Å². The van der Waals surface area contributed by atoms with E-state index in [2.05, 4.69) is 51.3 Å². The first-order chi connectivity index (χ1) is 19.3. The molecule has 5 rings (SSSR count). The number of ether oxygens (including phenoxy) is 1. The molecule has 0 unspecified atom stereocenters. The van der Waals surface area contributed by atoms with Gasteiger partial charge in [0.2, 0.25) is 5.91 Å². The van der Waals surface area contributed by atoms with E-state index in [1.165, 1.54) is 0 Å². The minimum absolute atomic E-state index is 0.112. The fourth-order valence-electron chi connectivity index (χ4n) is 5.44. The summed E-state index contributed by atoms with van der Waals surface area (Å²) < 4.78 is 7.58. The number of benzene rings is 3. The third kappa shape index (κ3) is 5.78. The highest BCUT2D eigenvalue weighted by Gasteiger charge is 2.38. The van der Waals surface area contributed by atoms with E-state index in [1.54, 1.807) is 4.90 Å². The fraction of sp³-hybridized carbons (Fsp3) is 0.303. The maximum atomic E-state index is 13.0. The van der Waals surface area contributed by atoms with Crippen LogP contribution in [0.2, 0.25) is 0 Å². The Kier molecular flexibility index (Phi) is 7.74. The number of carbonyl (C=O) groups is 2. The predicted octanol–water partition coefficient (Wildman–Crippen LogP) is 5.39. The number of hydrogen-bond donors (Lipinski definition) is 1. The smallest absolute Gasteiger partial charge is 0.410 e. The molecule has 0 bridgehead atoms. The van der Waals surface area contributed by atoms with E-state index in [-0.39, 0.29) is 24.5 Å². The molecule has 3 aromatic carbocycles. The second-order valence-corrected chi connectivity index (χ2v) is 11.2. The number of nitrogens with zero attached hydrogens (tertiary/aromatic N) is 3. The molecule has 0 radical (unpaired) electrons. The fourth-order valence-corrected chi connectivity index (χ4v) is 5.44. The Morgan fingerprint density at radius 3 is 1.90 bits per heavy atom. The lowest BCUT2D eigenvalue weighted by Gasteiger charge is -2.37. The lowest BCUT2D eigenvalue weighted by atomic mass is 9.77. The van der Waals surface area contributed by atoms with Crippen LogP contribution >= 0.6 is 0 Å². The summed E-state index contributed by atoms with van der Waals surface area (Å²) in [6, 6.07) is 31.0. The van der Waals surface area contributed by atoms with Gasteiger partial charge in [0.15, 0.2) is 0 Å². The van der Waals surface area contributed by atoms with Crippen LogP contribution in [-0.4, -0.2) is 51.2 Å². The predicted molar refractivity (Wildman–Crippen MR) is 155 cm³/mol. The van der Waals surface area contributed by atoms with Gasteiger partial charge in [0.05, 0.1) is 18.4 Å². The van der Waals surface area contributed by atoms with Gasteiger partial charge in [-0.3, -0.25) is 4.79 Å². The number of nitrogens with one attached hydrogen (secondary N) is 1. The van der Waals surface area contributed by atoms with Crippen molar-refractivity contribution in [3.63, 3.8) is 0 Å². The summed E-state index contributed by atoms with van der Waals surface area (Å²) in [5.41, 5.74) is 2.72. The summed E-state index contributed by atoms with van der Waals surface area (Å²) in [6.45, 7) is 6.54. The zero-order valence-corrected chi connectivity index (χ0v) is 23.3. The highest BCUT2D eigenvalue weighted by molar-refractivity contribution is 5.78. The summed E-state index contributed by atoms with van der Waals surface area (Å²) >= 11 is 0. The standard InChI is InChI=1S/C33H36N4O3/c1-32(2,3)40-31(39)36-20-19-28(22-36)35-30(38)21-29-23-37(24-34-29)33(25-13-7-4-8-14-25,26-15-9-5-10-16-26)27-17-11-6-12-18-27/h4-18,23-24,28H,19-22H2,1-3H3,(H,35,38)/t28-/m0/s1. The maximum absolute atomic E-state index is 13.0. The Labute approximate surface area is 235 Å². The molecule has 206 valence electrons. The van der Waals surface area contributed by atoms with Crippen molar-refractivity contribution in [3.05, 3.63) is 126 Å². The molecule has 40 heavy (non-hydrogen) atoms. The largest absolute Gasteiger partial charge is 0.444 e. The van der Waals surface area contributed by atoms with Crippen LogP contribution in [0.4, 0.5) is 4.79 Å². The topological polar surface area (TPSA) is 76.5 Å². The molecule has 1 fully saturated rings. The van der Waals surface area contributed by atoms with Crippen LogP contribution in [-0.2, 0) is 21.5 Å². The minimum Gasteiger partial charge on any atom is -0.444 e. The van der Waals surface area contributed by atoms with E-state index in [0.717, 1.165) is 16.7 Å². The number of hydrogen-bond acceptors (Lipinski definition) is 4. The van der Waals surface area contributed by atoms with Gasteiger partial charge in [-0.1, -0.05) is 91.0 Å². The van der Waals surface area contributed by atoms with Crippen LogP contribution in [0.5, 0.6) is 0 Å². The molecule has 0 saturated carbocycles. The van der Waals surface area contributed by atoms with Crippen molar-refractivity contribution >= 4 is 12.0 Å². The van der Waals surface area contributed by atoms with Crippen LogP contribution in [0.25, 0.3) is 0 Å². The molecular formula is C33H36N4O3. The third-order valence-electron chi connectivity index (χ3n) is 7.14. The summed E-state index contributed by atoms with van der Waals surface area (Å²) in [5, 5.41) is 3.08. The molecule has 1 aliphatic heterocycles. The average molecular weight is 537 g/mol. The van der Waals surface area contributed by atoms with Crippen molar-refractivity contribution in [2.24, 2.45) is 0 Å². The van der Waals surface area contributed by atoms with Crippen LogP contribution in [0.3, 0.4) is 0 Å². The van der Waals surface area contributed by atoms with Gasteiger partial charge in [0.1, 0.15) is 11.1 Å². The summed E-state index contributed by atoms with van der Waals surface area (Å²) in [6.07, 6.45) is 4.27. The lowest BCUT2D eigenvalue weighted by molar-refractivity contribution is -0.121. The molecule has 7 heteroatoms. The first kappa shape index (κ1) is 27.2. The van der Waals surface area contributed by atoms with Crippen LogP contribution < -0.4 is 5.32 Å². The summed E-state index contributed by atoms with van der Waals surface area (Å²) in [7, 11) is 0. The van der Waals surface area contributed by atoms with Gasteiger partial charge in [-0.2, -0.15) is 0 Å². The van der Waals surface area contributed by atoms with Crippen LogP contribution in [0, 0.1) is 0 Å². The Hall–Kier alpha value is -4.39. The summed E-state index contributed by atoms with van der Waals surface area (Å²) in [5.74, 6) is -0.119. The van der Waals surface area contributed by atoms with Crippen molar-refractivity contribution in [3.8, 4) is 0 Å². The molecular weight excluding hydrogens is 500 g/mol. The van der Waals surface area contributed by atoms with Crippen LogP contribution in [0.1, 0.15) is 49.6 Å². The normalized spacial score (nSPS) is 15.6. The van der Waals surface area contributed by atoms with Crippen molar-refractivity contribution < 1.29 is 14.3 Å². The zero-order chi connectivity index (χ0) is 28.2. The molecule has 0 spiro atoms. The molecule has 7 nitrogen and oxygen atoms in total. The SMILES string of the molecule is CC(C)(C)OC(=O)N1CC[C@H](NC(=O)Cc2cn(C(c3ccccc3)(c3ccccc3)c3ccccc3)cn2)C1. The van der Waals surface area contributed by atoms with E-state index in [1.807, 2.05) is 87.9 Å². The lowest BCUT2D eigenvalue weighted by Crippen LogP contribution is -2.40. The third-order valence-corrected chi connectivity index (χ3v) is 7.14. The van der Waals surface area contributed by atoms with Gasteiger partial charge in [-0.15, -0.1) is 0 Å². The maximum Gasteiger partial charge on any atom is 0.410 e. The molecule has 4 aromatic rings.